The lowest BCUT2D eigenvalue weighted by Gasteiger charge is -2.19. The molecular weight excluding hydrogens is 218 g/mol. The summed E-state index contributed by atoms with van der Waals surface area (Å²) in [5.74, 6) is 0.358. The van der Waals surface area contributed by atoms with Crippen molar-refractivity contribution in [3.05, 3.63) is 0 Å². The van der Waals surface area contributed by atoms with Crippen LogP contribution in [0, 0.1) is 5.92 Å². The predicted molar refractivity (Wildman–Crippen MR) is 74.0 cm³/mol. The maximum absolute atomic E-state index is 11.7. The van der Waals surface area contributed by atoms with Gasteiger partial charge in [0.15, 0.2) is 0 Å². The van der Waals surface area contributed by atoms with Crippen molar-refractivity contribution in [2.24, 2.45) is 5.92 Å². The van der Waals surface area contributed by atoms with E-state index in [9.17, 15) is 4.79 Å². The Hall–Kier alpha value is -0.180. The third kappa shape index (κ3) is 7.15. The number of hydrogen-bond donors (Lipinski definition) is 2. The van der Waals surface area contributed by atoms with Crippen LogP contribution in [0.4, 0.5) is 0 Å². The Kier molecular flexibility index (Phi) is 8.81. The summed E-state index contributed by atoms with van der Waals surface area (Å²) in [6, 6.07) is 0.276. The SMILES string of the molecule is CCCCCCC(C)NC(=O)C(S)C(C)C. The number of unbranched alkanes of at least 4 members (excludes halogenated alkanes) is 3. The van der Waals surface area contributed by atoms with Gasteiger partial charge in [0.2, 0.25) is 5.91 Å². The predicted octanol–water partition coefficient (Wildman–Crippen LogP) is 3.42. The summed E-state index contributed by atoms with van der Waals surface area (Å²) < 4.78 is 0. The van der Waals surface area contributed by atoms with Crippen molar-refractivity contribution in [1.29, 1.82) is 0 Å². The van der Waals surface area contributed by atoms with Gasteiger partial charge in [-0.1, -0.05) is 46.5 Å². The van der Waals surface area contributed by atoms with Gasteiger partial charge >= 0.3 is 0 Å². The van der Waals surface area contributed by atoms with E-state index in [0.717, 1.165) is 6.42 Å². The topological polar surface area (TPSA) is 29.1 Å². The van der Waals surface area contributed by atoms with Gasteiger partial charge < -0.3 is 5.32 Å². The molecule has 0 aliphatic heterocycles. The number of nitrogens with one attached hydrogen (secondary N) is 1. The van der Waals surface area contributed by atoms with E-state index in [1.165, 1.54) is 25.7 Å². The summed E-state index contributed by atoms with van der Waals surface area (Å²) >= 11 is 4.31. The molecule has 0 aromatic carbocycles. The highest BCUT2D eigenvalue weighted by atomic mass is 32.1. The van der Waals surface area contributed by atoms with Crippen molar-refractivity contribution < 1.29 is 4.79 Å². The highest BCUT2D eigenvalue weighted by molar-refractivity contribution is 7.81. The largest absolute Gasteiger partial charge is 0.353 e. The first kappa shape index (κ1) is 15.8. The van der Waals surface area contributed by atoms with Crippen LogP contribution in [0.3, 0.4) is 0 Å². The summed E-state index contributed by atoms with van der Waals surface area (Å²) in [4.78, 5) is 11.7. The van der Waals surface area contributed by atoms with Crippen molar-refractivity contribution in [3.63, 3.8) is 0 Å². The van der Waals surface area contributed by atoms with Crippen LogP contribution in [0.15, 0.2) is 0 Å². The molecule has 3 heteroatoms. The van der Waals surface area contributed by atoms with Crippen molar-refractivity contribution in [1.82, 2.24) is 5.32 Å². The number of carbonyl (C=O) groups excluding carboxylic acids is 1. The maximum Gasteiger partial charge on any atom is 0.233 e. The van der Waals surface area contributed by atoms with E-state index in [1.54, 1.807) is 0 Å². The third-order valence-electron chi connectivity index (χ3n) is 2.78. The fourth-order valence-electron chi connectivity index (χ4n) is 1.58. The van der Waals surface area contributed by atoms with Gasteiger partial charge in [-0.3, -0.25) is 4.79 Å². The van der Waals surface area contributed by atoms with Crippen LogP contribution in [-0.4, -0.2) is 17.2 Å². The molecule has 0 aliphatic rings. The van der Waals surface area contributed by atoms with Crippen LogP contribution in [0.25, 0.3) is 0 Å². The van der Waals surface area contributed by atoms with Gasteiger partial charge in [-0.05, 0) is 19.3 Å². The van der Waals surface area contributed by atoms with E-state index in [0.29, 0.717) is 0 Å². The first-order valence-electron chi connectivity index (χ1n) is 6.47. The fraction of sp³-hybridized carbons (Fsp3) is 0.923. The second kappa shape index (κ2) is 8.91. The Labute approximate surface area is 106 Å². The van der Waals surface area contributed by atoms with Crippen molar-refractivity contribution in [3.8, 4) is 0 Å². The first-order chi connectivity index (χ1) is 7.49. The van der Waals surface area contributed by atoms with Gasteiger partial charge in [-0.15, -0.1) is 0 Å². The number of carbonyl (C=O) groups is 1. The van der Waals surface area contributed by atoms with Gasteiger partial charge in [0.25, 0.3) is 0 Å². The minimum Gasteiger partial charge on any atom is -0.353 e. The Morgan fingerprint density at radius 3 is 2.31 bits per heavy atom. The van der Waals surface area contributed by atoms with Gasteiger partial charge in [-0.25, -0.2) is 0 Å². The van der Waals surface area contributed by atoms with Gasteiger partial charge in [-0.2, -0.15) is 12.6 Å². The standard InChI is InChI=1S/C13H27NOS/c1-5-6-7-8-9-11(4)14-13(15)12(16)10(2)3/h10-12,16H,5-9H2,1-4H3,(H,14,15). The zero-order chi connectivity index (χ0) is 12.6. The van der Waals surface area contributed by atoms with E-state index >= 15 is 0 Å². The number of hydrogen-bond acceptors (Lipinski definition) is 2. The molecular formula is C13H27NOS. The van der Waals surface area contributed by atoms with Gasteiger partial charge in [0, 0.05) is 6.04 Å². The molecule has 0 spiro atoms. The zero-order valence-electron chi connectivity index (χ0n) is 11.1. The minimum atomic E-state index is -0.182. The molecule has 0 aliphatic carbocycles. The lowest BCUT2D eigenvalue weighted by molar-refractivity contribution is -0.121. The Bertz CT molecular complexity index is 194. The maximum atomic E-state index is 11.7. The smallest absolute Gasteiger partial charge is 0.233 e. The average Bonchev–Trinajstić information content (AvgIpc) is 2.23. The quantitative estimate of drug-likeness (QED) is 0.498. The molecule has 2 atom stereocenters. The van der Waals surface area contributed by atoms with Crippen molar-refractivity contribution in [2.75, 3.05) is 0 Å². The van der Waals surface area contributed by atoms with Crippen LogP contribution < -0.4 is 5.32 Å². The molecule has 2 unspecified atom stereocenters. The zero-order valence-corrected chi connectivity index (χ0v) is 12.0. The minimum absolute atomic E-state index is 0.0707. The van der Waals surface area contributed by atoms with E-state index in [2.05, 4.69) is 31.8 Å². The second-order valence-electron chi connectivity index (χ2n) is 4.95. The highest BCUT2D eigenvalue weighted by Gasteiger charge is 2.18. The number of thiol groups is 1. The second-order valence-corrected chi connectivity index (χ2v) is 5.50. The molecule has 2 nitrogen and oxygen atoms in total. The van der Waals surface area contributed by atoms with Gasteiger partial charge in [0.1, 0.15) is 0 Å². The summed E-state index contributed by atoms with van der Waals surface area (Å²) in [5, 5.41) is 2.84. The van der Waals surface area contributed by atoms with E-state index < -0.39 is 0 Å². The van der Waals surface area contributed by atoms with E-state index in [-0.39, 0.29) is 23.1 Å². The molecule has 0 bridgehead atoms. The van der Waals surface area contributed by atoms with E-state index in [4.69, 9.17) is 0 Å². The molecule has 1 N–H and O–H groups in total. The third-order valence-corrected chi connectivity index (χ3v) is 3.61. The summed E-state index contributed by atoms with van der Waals surface area (Å²) in [6.45, 7) is 8.32. The molecule has 0 fully saturated rings. The van der Waals surface area contributed by atoms with Crippen LogP contribution in [0.2, 0.25) is 0 Å². The molecule has 0 radical (unpaired) electrons. The molecule has 0 rings (SSSR count). The van der Waals surface area contributed by atoms with Crippen molar-refractivity contribution >= 4 is 18.5 Å². The molecule has 1 amide bonds. The fourth-order valence-corrected chi connectivity index (χ4v) is 1.65. The van der Waals surface area contributed by atoms with E-state index in [1.807, 2.05) is 13.8 Å². The molecule has 0 saturated carbocycles. The first-order valence-corrected chi connectivity index (χ1v) is 6.99. The Balaban J connectivity index is 3.69. The Morgan fingerprint density at radius 1 is 1.19 bits per heavy atom. The summed E-state index contributed by atoms with van der Waals surface area (Å²) in [6.07, 6.45) is 6.10. The van der Waals surface area contributed by atoms with Crippen LogP contribution >= 0.6 is 12.6 Å². The number of rotatable bonds is 8. The molecule has 96 valence electrons. The average molecular weight is 245 g/mol. The van der Waals surface area contributed by atoms with Crippen LogP contribution in [-0.2, 0) is 4.79 Å². The van der Waals surface area contributed by atoms with Crippen molar-refractivity contribution in [2.45, 2.75) is 71.1 Å². The Morgan fingerprint density at radius 2 is 1.81 bits per heavy atom. The molecule has 0 aromatic heterocycles. The van der Waals surface area contributed by atoms with Crippen LogP contribution in [0.1, 0.15) is 59.8 Å². The summed E-state index contributed by atoms with van der Waals surface area (Å²) in [7, 11) is 0. The highest BCUT2D eigenvalue weighted by Crippen LogP contribution is 2.10. The number of amides is 1. The molecule has 0 heterocycles. The van der Waals surface area contributed by atoms with Gasteiger partial charge in [0.05, 0.1) is 5.25 Å². The molecule has 16 heavy (non-hydrogen) atoms. The van der Waals surface area contributed by atoms with Crippen LogP contribution in [0.5, 0.6) is 0 Å². The normalized spacial score (nSPS) is 14.9. The lowest BCUT2D eigenvalue weighted by Crippen LogP contribution is -2.39. The molecule has 0 saturated heterocycles. The molecule has 0 aromatic rings. The monoisotopic (exact) mass is 245 g/mol. The summed E-state index contributed by atoms with van der Waals surface area (Å²) in [5.41, 5.74) is 0. The lowest BCUT2D eigenvalue weighted by atomic mass is 10.1.